The van der Waals surface area contributed by atoms with Crippen LogP contribution >= 0.6 is 7.82 Å². The smallest absolute Gasteiger partial charge is 0.306 e. The van der Waals surface area contributed by atoms with Crippen LogP contribution in [0.3, 0.4) is 0 Å². The molecule has 0 aliphatic rings. The lowest BCUT2D eigenvalue weighted by atomic mass is 10.0. The fraction of sp³-hybridized carbons (Fsp3) is 0.972. The average molecular weight is 1180 g/mol. The zero-order chi connectivity index (χ0) is 59.8. The molecule has 0 spiro atoms. The number of rotatable bonds is 70. The Labute approximate surface area is 512 Å². The minimum Gasteiger partial charge on any atom is -0.756 e. The molecule has 0 amide bonds. The Morgan fingerprint density at radius 3 is 0.780 bits per heavy atom. The van der Waals surface area contributed by atoms with E-state index in [1.54, 1.807) is 0 Å². The molecule has 82 heavy (non-hydrogen) atoms. The highest BCUT2D eigenvalue weighted by molar-refractivity contribution is 7.45. The van der Waals surface area contributed by atoms with E-state index in [2.05, 4.69) is 13.8 Å². The third-order valence-electron chi connectivity index (χ3n) is 17.1. The van der Waals surface area contributed by atoms with Gasteiger partial charge in [-0.1, -0.05) is 373 Å². The predicted octanol–water partition coefficient (Wildman–Crippen LogP) is 23.1. The van der Waals surface area contributed by atoms with Gasteiger partial charge in [0.1, 0.15) is 19.8 Å². The summed E-state index contributed by atoms with van der Waals surface area (Å²) in [6.07, 6.45) is 77.8. The van der Waals surface area contributed by atoms with Crippen LogP contribution in [0.4, 0.5) is 0 Å². The summed E-state index contributed by atoms with van der Waals surface area (Å²) in [5.74, 6) is -0.802. The summed E-state index contributed by atoms with van der Waals surface area (Å²) >= 11 is 0. The summed E-state index contributed by atoms with van der Waals surface area (Å²) in [5, 5.41) is 0. The van der Waals surface area contributed by atoms with Crippen LogP contribution in [0.1, 0.15) is 399 Å². The molecule has 2 unspecified atom stereocenters. The number of ether oxygens (including phenoxy) is 2. The van der Waals surface area contributed by atoms with Crippen LogP contribution < -0.4 is 4.89 Å². The Kier molecular flexibility index (Phi) is 63.7. The topological polar surface area (TPSA) is 111 Å². The van der Waals surface area contributed by atoms with Gasteiger partial charge in [0.05, 0.1) is 27.7 Å². The van der Waals surface area contributed by atoms with Gasteiger partial charge >= 0.3 is 11.9 Å². The lowest BCUT2D eigenvalue weighted by Crippen LogP contribution is -2.37. The maximum atomic E-state index is 12.9. The van der Waals surface area contributed by atoms with Gasteiger partial charge in [-0.2, -0.15) is 0 Å². The number of hydrogen-bond donors (Lipinski definition) is 0. The molecule has 0 aliphatic heterocycles. The van der Waals surface area contributed by atoms with Crippen molar-refractivity contribution in [2.45, 2.75) is 405 Å². The minimum atomic E-state index is -4.64. The molecule has 0 N–H and O–H groups in total. The van der Waals surface area contributed by atoms with Gasteiger partial charge in [0.2, 0.25) is 0 Å². The Morgan fingerprint density at radius 2 is 0.549 bits per heavy atom. The van der Waals surface area contributed by atoms with Gasteiger partial charge in [0.15, 0.2) is 6.10 Å². The van der Waals surface area contributed by atoms with Gasteiger partial charge in [0, 0.05) is 12.8 Å². The van der Waals surface area contributed by atoms with E-state index in [0.717, 1.165) is 32.1 Å². The molecule has 0 saturated carbocycles. The second-order valence-electron chi connectivity index (χ2n) is 26.7. The number of carbonyl (C=O) groups is 2. The van der Waals surface area contributed by atoms with Crippen molar-refractivity contribution in [3.8, 4) is 0 Å². The van der Waals surface area contributed by atoms with Gasteiger partial charge in [-0.25, -0.2) is 0 Å². The number of phosphoric ester groups is 1. The number of esters is 2. The van der Waals surface area contributed by atoms with Crippen LogP contribution in [-0.4, -0.2) is 70.0 Å². The van der Waals surface area contributed by atoms with Gasteiger partial charge in [-0.3, -0.25) is 14.2 Å². The summed E-state index contributed by atoms with van der Waals surface area (Å²) < 4.78 is 34.4. The van der Waals surface area contributed by atoms with Crippen LogP contribution in [0, 0.1) is 0 Å². The van der Waals surface area contributed by atoms with Gasteiger partial charge in [0.25, 0.3) is 7.82 Å². The first-order chi connectivity index (χ1) is 40.0. The largest absolute Gasteiger partial charge is 0.756 e. The molecule has 0 aromatic rings. The monoisotopic (exact) mass is 1180 g/mol. The van der Waals surface area contributed by atoms with Crippen LogP contribution in [0.15, 0.2) is 0 Å². The average Bonchev–Trinajstić information content (AvgIpc) is 3.44. The van der Waals surface area contributed by atoms with E-state index in [1.165, 1.54) is 334 Å². The minimum absolute atomic E-state index is 0.0247. The zero-order valence-corrected chi connectivity index (χ0v) is 56.9. The molecule has 9 nitrogen and oxygen atoms in total. The number of likely N-dealkylation sites (N-methyl/N-ethyl adjacent to an activating group) is 1. The van der Waals surface area contributed by atoms with Crippen LogP contribution in [0.2, 0.25) is 0 Å². The van der Waals surface area contributed by atoms with Crippen molar-refractivity contribution in [1.82, 2.24) is 0 Å². The van der Waals surface area contributed by atoms with Crippen molar-refractivity contribution in [3.05, 3.63) is 0 Å². The van der Waals surface area contributed by atoms with Crippen LogP contribution in [0.25, 0.3) is 0 Å². The fourth-order valence-corrected chi connectivity index (χ4v) is 12.2. The number of carbonyl (C=O) groups excluding carboxylic acids is 2. The molecule has 0 aromatic carbocycles. The van der Waals surface area contributed by atoms with Gasteiger partial charge in [-0.05, 0) is 12.8 Å². The zero-order valence-electron chi connectivity index (χ0n) is 56.0. The van der Waals surface area contributed by atoms with E-state index in [9.17, 15) is 19.0 Å². The molecule has 0 radical (unpaired) electrons. The normalized spacial score (nSPS) is 13.0. The van der Waals surface area contributed by atoms with E-state index in [0.29, 0.717) is 17.4 Å². The van der Waals surface area contributed by atoms with E-state index in [4.69, 9.17) is 18.5 Å². The molecular weight excluding hydrogens is 1040 g/mol. The fourth-order valence-electron chi connectivity index (χ4n) is 11.5. The highest BCUT2D eigenvalue weighted by Crippen LogP contribution is 2.38. The number of quaternary nitrogens is 1. The third kappa shape index (κ3) is 68.1. The Morgan fingerprint density at radius 1 is 0.329 bits per heavy atom. The predicted molar refractivity (Wildman–Crippen MR) is 352 cm³/mol. The summed E-state index contributed by atoms with van der Waals surface area (Å²) in [4.78, 5) is 38.1. The number of hydrogen-bond acceptors (Lipinski definition) is 8. The van der Waals surface area contributed by atoms with Crippen molar-refractivity contribution in [2.75, 3.05) is 47.5 Å². The molecule has 10 heteroatoms. The molecule has 0 aromatic heterocycles. The molecule has 0 fully saturated rings. The summed E-state index contributed by atoms with van der Waals surface area (Å²) in [7, 11) is 1.20. The lowest BCUT2D eigenvalue weighted by molar-refractivity contribution is -0.870. The van der Waals surface area contributed by atoms with Crippen molar-refractivity contribution < 1.29 is 42.1 Å². The maximum Gasteiger partial charge on any atom is 0.306 e. The maximum absolute atomic E-state index is 12.9. The SMILES string of the molecule is CCCCCCCCCCCCCCCCCCCCCCCCCCCCCCCC(=O)OCC(COP(=O)([O-])OCC[N+](C)(C)C)OC(=O)CCCCCCCCCCCCCCCCCCCCCCCCCCCCCCC. The molecule has 0 rings (SSSR count). The molecule has 0 saturated heterocycles. The van der Waals surface area contributed by atoms with Gasteiger partial charge in [-0.15, -0.1) is 0 Å². The van der Waals surface area contributed by atoms with E-state index in [1.807, 2.05) is 21.1 Å². The van der Waals surface area contributed by atoms with E-state index in [-0.39, 0.29) is 32.0 Å². The molecule has 0 heterocycles. The van der Waals surface area contributed by atoms with Crippen molar-refractivity contribution in [3.63, 3.8) is 0 Å². The first-order valence-corrected chi connectivity index (χ1v) is 38.2. The Balaban J connectivity index is 3.94. The molecular formula is C72H144NO8P. The summed E-state index contributed by atoms with van der Waals surface area (Å²) in [6.45, 7) is 4.34. The third-order valence-corrected chi connectivity index (χ3v) is 18.1. The lowest BCUT2D eigenvalue weighted by Gasteiger charge is -2.28. The highest BCUT2D eigenvalue weighted by Gasteiger charge is 2.22. The molecule has 0 aliphatic carbocycles. The van der Waals surface area contributed by atoms with Crippen LogP contribution in [-0.2, 0) is 32.7 Å². The Hall–Kier alpha value is -0.990. The number of phosphoric acid groups is 1. The second kappa shape index (κ2) is 64.5. The van der Waals surface area contributed by atoms with Crippen molar-refractivity contribution in [1.29, 1.82) is 0 Å². The Bertz CT molecular complexity index is 1340. The number of unbranched alkanes of at least 4 members (excludes halogenated alkanes) is 56. The first kappa shape index (κ1) is 81.0. The summed E-state index contributed by atoms with van der Waals surface area (Å²) in [6, 6.07) is 0. The van der Waals surface area contributed by atoms with E-state index < -0.39 is 26.5 Å². The quantitative estimate of drug-likeness (QED) is 0.0256. The van der Waals surface area contributed by atoms with Gasteiger partial charge < -0.3 is 27.9 Å². The van der Waals surface area contributed by atoms with Crippen molar-refractivity contribution in [2.24, 2.45) is 0 Å². The van der Waals surface area contributed by atoms with Crippen molar-refractivity contribution >= 4 is 19.8 Å². The van der Waals surface area contributed by atoms with Crippen LogP contribution in [0.5, 0.6) is 0 Å². The van der Waals surface area contributed by atoms with E-state index >= 15 is 0 Å². The second-order valence-corrected chi connectivity index (χ2v) is 28.1. The summed E-state index contributed by atoms with van der Waals surface area (Å²) in [5.41, 5.74) is 0. The molecule has 490 valence electrons. The number of nitrogens with zero attached hydrogens (tertiary/aromatic N) is 1. The molecule has 2 atom stereocenters. The first-order valence-electron chi connectivity index (χ1n) is 36.7. The molecule has 0 bridgehead atoms. The highest BCUT2D eigenvalue weighted by atomic mass is 31.2. The standard InChI is InChI=1S/C72H144NO8P/c1-6-8-10-12-14-16-18-20-22-24-26-28-30-32-34-36-38-40-42-44-46-48-50-52-54-56-58-60-62-64-71(74)78-68-70(69-80-82(76,77)79-67-66-73(3,4)5)81-72(75)65-63-61-59-57-55-53-51-49-47-45-43-41-39-37-35-33-31-29-27-25-23-21-19-17-15-13-11-9-7-2/h70H,6-69H2,1-5H3.